The van der Waals surface area contributed by atoms with Crippen LogP contribution in [0, 0.1) is 0 Å². The lowest BCUT2D eigenvalue weighted by Gasteiger charge is -2.30. The van der Waals surface area contributed by atoms with E-state index in [4.69, 9.17) is 5.73 Å². The van der Waals surface area contributed by atoms with E-state index in [0.717, 1.165) is 24.1 Å². The van der Waals surface area contributed by atoms with Crippen molar-refractivity contribution in [1.29, 1.82) is 0 Å². The molecule has 0 radical (unpaired) electrons. The summed E-state index contributed by atoms with van der Waals surface area (Å²) in [6, 6.07) is 22.9. The molecule has 1 aliphatic rings. The van der Waals surface area contributed by atoms with E-state index in [1.54, 1.807) is 0 Å². The van der Waals surface area contributed by atoms with Crippen molar-refractivity contribution in [2.75, 3.05) is 5.73 Å². The molecule has 4 rings (SSSR count). The van der Waals surface area contributed by atoms with Crippen LogP contribution in [-0.2, 0) is 11.2 Å². The van der Waals surface area contributed by atoms with Crippen molar-refractivity contribution in [1.82, 2.24) is 4.90 Å². The standard InChI is InChI=1S/C23H24N2O.ClH/c1-16(19-9-8-18-4-2-3-5-20(18)15-19)25(22-12-13-22)23(26)14-17-6-10-21(24)11-7-17;/h2-11,15-16,22H,12-14,24H2,1H3;1H. The number of benzene rings is 3. The lowest BCUT2D eigenvalue weighted by atomic mass is 10.0. The van der Waals surface area contributed by atoms with E-state index in [2.05, 4.69) is 54.3 Å². The third kappa shape index (κ3) is 4.25. The van der Waals surface area contributed by atoms with Gasteiger partial charge in [0.15, 0.2) is 0 Å². The van der Waals surface area contributed by atoms with Crippen LogP contribution in [-0.4, -0.2) is 16.8 Å². The molecule has 1 saturated carbocycles. The SMILES string of the molecule is CC(c1ccc2ccccc2c1)N(C(=O)Cc1ccc(N)cc1)C1CC1.Cl. The summed E-state index contributed by atoms with van der Waals surface area (Å²) in [5.74, 6) is 0.193. The van der Waals surface area contributed by atoms with Gasteiger partial charge in [-0.05, 0) is 59.9 Å². The molecule has 1 unspecified atom stereocenters. The molecule has 27 heavy (non-hydrogen) atoms. The van der Waals surface area contributed by atoms with E-state index in [0.29, 0.717) is 12.5 Å². The van der Waals surface area contributed by atoms with Crippen LogP contribution < -0.4 is 5.73 Å². The predicted molar refractivity (Wildman–Crippen MR) is 114 cm³/mol. The minimum absolute atomic E-state index is 0. The van der Waals surface area contributed by atoms with Crippen LogP contribution >= 0.6 is 12.4 Å². The fourth-order valence-electron chi connectivity index (χ4n) is 3.62. The van der Waals surface area contributed by atoms with Gasteiger partial charge in [-0.15, -0.1) is 12.4 Å². The summed E-state index contributed by atoms with van der Waals surface area (Å²) in [5, 5.41) is 2.45. The molecule has 2 N–H and O–H groups in total. The quantitative estimate of drug-likeness (QED) is 0.623. The van der Waals surface area contributed by atoms with Crippen molar-refractivity contribution in [3.05, 3.63) is 77.9 Å². The molecule has 0 aliphatic heterocycles. The van der Waals surface area contributed by atoms with Crippen molar-refractivity contribution in [3.63, 3.8) is 0 Å². The van der Waals surface area contributed by atoms with Crippen LogP contribution in [0.3, 0.4) is 0 Å². The molecule has 3 nitrogen and oxygen atoms in total. The Hall–Kier alpha value is -2.52. The summed E-state index contributed by atoms with van der Waals surface area (Å²) < 4.78 is 0. The lowest BCUT2D eigenvalue weighted by molar-refractivity contribution is -0.133. The van der Waals surface area contributed by atoms with Crippen LogP contribution in [0.25, 0.3) is 10.8 Å². The number of fused-ring (bicyclic) bond motifs is 1. The number of carbonyl (C=O) groups is 1. The molecule has 0 heterocycles. The Balaban J connectivity index is 0.00000210. The van der Waals surface area contributed by atoms with Gasteiger partial charge in [-0.1, -0.05) is 48.5 Å². The molecular weight excluding hydrogens is 356 g/mol. The van der Waals surface area contributed by atoms with Gasteiger partial charge in [-0.25, -0.2) is 0 Å². The van der Waals surface area contributed by atoms with Gasteiger partial charge in [-0.2, -0.15) is 0 Å². The van der Waals surface area contributed by atoms with Crippen LogP contribution in [0.15, 0.2) is 66.7 Å². The van der Waals surface area contributed by atoms with Crippen LogP contribution in [0.5, 0.6) is 0 Å². The van der Waals surface area contributed by atoms with Gasteiger partial charge in [0.05, 0.1) is 12.5 Å². The Morgan fingerprint density at radius 1 is 1.04 bits per heavy atom. The first-order valence-corrected chi connectivity index (χ1v) is 9.26. The van der Waals surface area contributed by atoms with Gasteiger partial charge in [0.25, 0.3) is 0 Å². The zero-order valence-corrected chi connectivity index (χ0v) is 16.3. The summed E-state index contributed by atoms with van der Waals surface area (Å²) in [4.78, 5) is 15.1. The monoisotopic (exact) mass is 380 g/mol. The summed E-state index contributed by atoms with van der Waals surface area (Å²) in [5.41, 5.74) is 8.69. The van der Waals surface area contributed by atoms with Crippen LogP contribution in [0.4, 0.5) is 5.69 Å². The number of hydrogen-bond donors (Lipinski definition) is 1. The van der Waals surface area contributed by atoms with Crippen molar-refractivity contribution in [2.24, 2.45) is 0 Å². The highest BCUT2D eigenvalue weighted by Crippen LogP contribution is 2.35. The third-order valence-corrected chi connectivity index (χ3v) is 5.24. The molecule has 140 valence electrons. The molecule has 3 aromatic carbocycles. The Labute approximate surface area is 166 Å². The smallest absolute Gasteiger partial charge is 0.227 e. The molecule has 0 aromatic heterocycles. The average molecular weight is 381 g/mol. The van der Waals surface area contributed by atoms with Gasteiger partial charge >= 0.3 is 0 Å². The Morgan fingerprint density at radius 2 is 1.70 bits per heavy atom. The third-order valence-electron chi connectivity index (χ3n) is 5.24. The molecule has 0 saturated heterocycles. The summed E-state index contributed by atoms with van der Waals surface area (Å²) >= 11 is 0. The number of nitrogens with zero attached hydrogens (tertiary/aromatic N) is 1. The molecule has 1 amide bonds. The van der Waals surface area contributed by atoms with Gasteiger partial charge < -0.3 is 10.6 Å². The van der Waals surface area contributed by atoms with Crippen LogP contribution in [0.1, 0.15) is 36.9 Å². The zero-order valence-electron chi connectivity index (χ0n) is 15.5. The second-order valence-electron chi connectivity index (χ2n) is 7.23. The summed E-state index contributed by atoms with van der Waals surface area (Å²) in [7, 11) is 0. The first-order valence-electron chi connectivity index (χ1n) is 9.26. The first kappa shape index (κ1) is 19.2. The molecule has 3 aromatic rings. The summed E-state index contributed by atoms with van der Waals surface area (Å²) in [6.07, 6.45) is 2.63. The zero-order chi connectivity index (χ0) is 18.1. The van der Waals surface area contributed by atoms with Gasteiger partial charge in [0.2, 0.25) is 5.91 Å². The number of anilines is 1. The fourth-order valence-corrected chi connectivity index (χ4v) is 3.62. The van der Waals surface area contributed by atoms with E-state index in [1.165, 1.54) is 16.3 Å². The first-order chi connectivity index (χ1) is 12.6. The lowest BCUT2D eigenvalue weighted by Crippen LogP contribution is -2.36. The number of nitrogens with two attached hydrogens (primary N) is 1. The van der Waals surface area contributed by atoms with E-state index in [-0.39, 0.29) is 24.4 Å². The van der Waals surface area contributed by atoms with Crippen molar-refractivity contribution in [2.45, 2.75) is 38.3 Å². The molecule has 1 atom stereocenters. The maximum atomic E-state index is 13.1. The highest BCUT2D eigenvalue weighted by molar-refractivity contribution is 5.85. The largest absolute Gasteiger partial charge is 0.399 e. The highest BCUT2D eigenvalue weighted by atomic mass is 35.5. The maximum absolute atomic E-state index is 13.1. The molecule has 0 bridgehead atoms. The molecule has 1 fully saturated rings. The van der Waals surface area contributed by atoms with Gasteiger partial charge in [0, 0.05) is 11.7 Å². The van der Waals surface area contributed by atoms with E-state index >= 15 is 0 Å². The molecule has 4 heteroatoms. The van der Waals surface area contributed by atoms with Crippen molar-refractivity contribution < 1.29 is 4.79 Å². The van der Waals surface area contributed by atoms with Gasteiger partial charge in [0.1, 0.15) is 0 Å². The van der Waals surface area contributed by atoms with Crippen molar-refractivity contribution >= 4 is 34.8 Å². The van der Waals surface area contributed by atoms with Gasteiger partial charge in [-0.3, -0.25) is 4.79 Å². The fraction of sp³-hybridized carbons (Fsp3) is 0.261. The van der Waals surface area contributed by atoms with E-state index in [9.17, 15) is 4.79 Å². The number of amides is 1. The highest BCUT2D eigenvalue weighted by Gasteiger charge is 2.36. The Kier molecular flexibility index (Phi) is 5.71. The Morgan fingerprint density at radius 3 is 2.37 bits per heavy atom. The second-order valence-corrected chi connectivity index (χ2v) is 7.23. The van der Waals surface area contributed by atoms with Crippen molar-refractivity contribution in [3.8, 4) is 0 Å². The second kappa shape index (κ2) is 8.01. The normalized spacial score (nSPS) is 14.4. The number of hydrogen-bond acceptors (Lipinski definition) is 2. The number of rotatable bonds is 5. The minimum Gasteiger partial charge on any atom is -0.399 e. The number of halogens is 1. The Bertz CT molecular complexity index is 935. The average Bonchev–Trinajstić information content (AvgIpc) is 3.48. The number of nitrogen functional groups attached to an aromatic ring is 1. The molecule has 0 spiro atoms. The molecule has 1 aliphatic carbocycles. The summed E-state index contributed by atoms with van der Waals surface area (Å²) in [6.45, 7) is 2.14. The van der Waals surface area contributed by atoms with E-state index < -0.39 is 0 Å². The van der Waals surface area contributed by atoms with Crippen LogP contribution in [0.2, 0.25) is 0 Å². The maximum Gasteiger partial charge on any atom is 0.227 e. The predicted octanol–water partition coefficient (Wildman–Crippen LogP) is 5.14. The molecular formula is C23H25ClN2O. The number of carbonyl (C=O) groups excluding carboxylic acids is 1. The topological polar surface area (TPSA) is 46.3 Å². The van der Waals surface area contributed by atoms with E-state index in [1.807, 2.05) is 24.3 Å². The minimum atomic E-state index is 0.